The summed E-state index contributed by atoms with van der Waals surface area (Å²) in [6.45, 7) is 3.21. The van der Waals surface area contributed by atoms with E-state index in [9.17, 15) is 23.4 Å². The summed E-state index contributed by atoms with van der Waals surface area (Å²) in [6.07, 6.45) is -4.02. The lowest BCUT2D eigenvalue weighted by Crippen LogP contribution is -2.23. The summed E-state index contributed by atoms with van der Waals surface area (Å²) >= 11 is 0. The number of phenols is 2. The number of hydrogen-bond acceptors (Lipinski definition) is 3. The topological polar surface area (TPSA) is 64.3 Å². The fourth-order valence-electron chi connectivity index (χ4n) is 1.70. The average molecular weight is 261 g/mol. The molecule has 1 rings (SSSR count). The highest BCUT2D eigenvalue weighted by atomic mass is 19.4. The molecule has 1 aromatic rings. The van der Waals surface area contributed by atoms with Crippen molar-refractivity contribution < 1.29 is 23.4 Å². The maximum atomic E-state index is 12.5. The molecule has 0 amide bonds. The van der Waals surface area contributed by atoms with Gasteiger partial charge >= 0.3 is 6.18 Å². The minimum Gasteiger partial charge on any atom is -0.507 e. The SMILES string of the molecule is CCCc1c(O)c(C)cc(C(=N)C(F)(F)F)c1O. The molecule has 0 unspecified atom stereocenters. The molecule has 0 bridgehead atoms. The number of halogens is 3. The zero-order valence-corrected chi connectivity index (χ0v) is 10.0. The van der Waals surface area contributed by atoms with E-state index in [1.54, 1.807) is 6.92 Å². The Kier molecular flexibility index (Phi) is 3.88. The monoisotopic (exact) mass is 261 g/mol. The van der Waals surface area contributed by atoms with Crippen LogP contribution in [0.4, 0.5) is 13.2 Å². The number of benzene rings is 1. The van der Waals surface area contributed by atoms with Gasteiger partial charge in [0.15, 0.2) is 0 Å². The summed E-state index contributed by atoms with van der Waals surface area (Å²) in [7, 11) is 0. The molecule has 6 heteroatoms. The standard InChI is InChI=1S/C12H14F3NO2/c1-3-4-7-9(17)6(2)5-8(10(7)18)11(16)12(13,14)15/h5,16-18H,3-4H2,1-2H3. The highest BCUT2D eigenvalue weighted by Gasteiger charge is 2.37. The summed E-state index contributed by atoms with van der Waals surface area (Å²) in [5.74, 6) is -0.879. The first-order valence-electron chi connectivity index (χ1n) is 5.40. The quantitative estimate of drug-likeness (QED) is 0.731. The van der Waals surface area contributed by atoms with Gasteiger partial charge in [0.2, 0.25) is 0 Å². The van der Waals surface area contributed by atoms with Crippen molar-refractivity contribution in [2.45, 2.75) is 32.9 Å². The van der Waals surface area contributed by atoms with Gasteiger partial charge in [-0.15, -0.1) is 0 Å². The molecular weight excluding hydrogens is 247 g/mol. The zero-order chi connectivity index (χ0) is 14.1. The maximum absolute atomic E-state index is 12.5. The Morgan fingerprint density at radius 1 is 1.28 bits per heavy atom. The van der Waals surface area contributed by atoms with E-state index in [0.717, 1.165) is 6.07 Å². The van der Waals surface area contributed by atoms with Crippen molar-refractivity contribution in [1.82, 2.24) is 0 Å². The van der Waals surface area contributed by atoms with Gasteiger partial charge in [-0.1, -0.05) is 13.3 Å². The van der Waals surface area contributed by atoms with Gasteiger partial charge in [-0.2, -0.15) is 13.2 Å². The van der Waals surface area contributed by atoms with Gasteiger partial charge in [-0.3, -0.25) is 5.41 Å². The first-order valence-corrected chi connectivity index (χ1v) is 5.40. The number of nitrogens with one attached hydrogen (secondary N) is 1. The van der Waals surface area contributed by atoms with Crippen LogP contribution in [0.3, 0.4) is 0 Å². The first kappa shape index (κ1) is 14.3. The Morgan fingerprint density at radius 2 is 1.83 bits per heavy atom. The van der Waals surface area contributed by atoms with E-state index < -0.39 is 23.2 Å². The van der Waals surface area contributed by atoms with E-state index in [1.807, 2.05) is 0 Å². The second-order valence-corrected chi connectivity index (χ2v) is 4.04. The minimum absolute atomic E-state index is 0.0569. The number of aryl methyl sites for hydroxylation is 1. The molecule has 0 aliphatic heterocycles. The Balaban J connectivity index is 3.43. The predicted octanol–water partition coefficient (Wildman–Crippen LogP) is 3.29. The molecule has 0 atom stereocenters. The maximum Gasteiger partial charge on any atom is 0.433 e. The molecule has 0 aromatic heterocycles. The fraction of sp³-hybridized carbons (Fsp3) is 0.417. The molecule has 3 N–H and O–H groups in total. The summed E-state index contributed by atoms with van der Waals surface area (Å²) in [5.41, 5.74) is -1.94. The number of rotatable bonds is 3. The van der Waals surface area contributed by atoms with Crippen molar-refractivity contribution in [1.29, 1.82) is 5.41 Å². The van der Waals surface area contributed by atoms with Crippen molar-refractivity contribution >= 4 is 5.71 Å². The van der Waals surface area contributed by atoms with Crippen LogP contribution in [0.25, 0.3) is 0 Å². The third-order valence-corrected chi connectivity index (χ3v) is 2.61. The van der Waals surface area contributed by atoms with Gasteiger partial charge in [-0.05, 0) is 25.0 Å². The molecule has 0 fully saturated rings. The van der Waals surface area contributed by atoms with Gasteiger partial charge in [0.25, 0.3) is 0 Å². The van der Waals surface area contributed by atoms with Crippen molar-refractivity contribution in [3.63, 3.8) is 0 Å². The Bertz CT molecular complexity index is 481. The van der Waals surface area contributed by atoms with Gasteiger partial charge in [-0.25, -0.2) is 0 Å². The van der Waals surface area contributed by atoms with Crippen molar-refractivity contribution in [3.8, 4) is 11.5 Å². The van der Waals surface area contributed by atoms with Gasteiger partial charge in [0.05, 0.1) is 0 Å². The number of phenolic OH excluding ortho intramolecular Hbond substituents is 2. The van der Waals surface area contributed by atoms with Crippen LogP contribution < -0.4 is 0 Å². The Morgan fingerprint density at radius 3 is 2.28 bits per heavy atom. The van der Waals surface area contributed by atoms with Crippen LogP contribution >= 0.6 is 0 Å². The van der Waals surface area contributed by atoms with E-state index in [2.05, 4.69) is 0 Å². The molecule has 0 saturated carbocycles. The molecule has 0 radical (unpaired) electrons. The van der Waals surface area contributed by atoms with Crippen LogP contribution in [0.2, 0.25) is 0 Å². The van der Waals surface area contributed by atoms with E-state index in [0.29, 0.717) is 6.42 Å². The highest BCUT2D eigenvalue weighted by molar-refractivity contribution is 6.05. The summed E-state index contributed by atoms with van der Waals surface area (Å²) in [5, 5.41) is 26.5. The van der Waals surface area contributed by atoms with E-state index in [4.69, 9.17) is 5.41 Å². The van der Waals surface area contributed by atoms with Crippen molar-refractivity contribution in [2.24, 2.45) is 0 Å². The van der Waals surface area contributed by atoms with Crippen LogP contribution in [0.5, 0.6) is 11.5 Å². The number of hydrogen-bond donors (Lipinski definition) is 3. The van der Waals surface area contributed by atoms with E-state index in [1.165, 1.54) is 6.92 Å². The molecule has 0 spiro atoms. The van der Waals surface area contributed by atoms with Crippen molar-refractivity contribution in [3.05, 3.63) is 22.8 Å². The lowest BCUT2D eigenvalue weighted by molar-refractivity contribution is -0.0588. The lowest BCUT2D eigenvalue weighted by Gasteiger charge is -2.15. The molecule has 18 heavy (non-hydrogen) atoms. The first-order chi connectivity index (χ1) is 8.20. The molecule has 0 heterocycles. The summed E-state index contributed by atoms with van der Waals surface area (Å²) < 4.78 is 37.4. The molecular formula is C12H14F3NO2. The fourth-order valence-corrected chi connectivity index (χ4v) is 1.70. The number of aromatic hydroxyl groups is 2. The van der Waals surface area contributed by atoms with Crippen LogP contribution in [0.1, 0.15) is 30.0 Å². The molecule has 100 valence electrons. The Hall–Kier alpha value is -1.72. The van der Waals surface area contributed by atoms with Gasteiger partial charge in [0.1, 0.15) is 17.2 Å². The second kappa shape index (κ2) is 4.88. The van der Waals surface area contributed by atoms with Crippen LogP contribution in [0.15, 0.2) is 6.07 Å². The number of alkyl halides is 3. The second-order valence-electron chi connectivity index (χ2n) is 4.04. The smallest absolute Gasteiger partial charge is 0.433 e. The molecule has 3 nitrogen and oxygen atoms in total. The summed E-state index contributed by atoms with van der Waals surface area (Å²) in [4.78, 5) is 0. The van der Waals surface area contributed by atoms with Crippen molar-refractivity contribution in [2.75, 3.05) is 0 Å². The minimum atomic E-state index is -4.83. The van der Waals surface area contributed by atoms with Crippen LogP contribution in [-0.4, -0.2) is 22.1 Å². The largest absolute Gasteiger partial charge is 0.507 e. The normalized spacial score (nSPS) is 11.6. The zero-order valence-electron chi connectivity index (χ0n) is 10.0. The van der Waals surface area contributed by atoms with Gasteiger partial charge < -0.3 is 10.2 Å². The average Bonchev–Trinajstić information content (AvgIpc) is 2.27. The van der Waals surface area contributed by atoms with E-state index >= 15 is 0 Å². The highest BCUT2D eigenvalue weighted by Crippen LogP contribution is 2.37. The lowest BCUT2D eigenvalue weighted by atomic mass is 9.97. The molecule has 0 aliphatic carbocycles. The molecule has 1 aromatic carbocycles. The van der Waals surface area contributed by atoms with Gasteiger partial charge in [0, 0.05) is 11.1 Å². The van der Waals surface area contributed by atoms with E-state index in [-0.39, 0.29) is 23.3 Å². The third kappa shape index (κ3) is 2.57. The Labute approximate surface area is 102 Å². The molecule has 0 aliphatic rings. The van der Waals surface area contributed by atoms with Crippen LogP contribution in [-0.2, 0) is 6.42 Å². The molecule has 0 saturated heterocycles. The summed E-state index contributed by atoms with van der Waals surface area (Å²) in [6, 6.07) is 0.972. The van der Waals surface area contributed by atoms with Crippen LogP contribution in [0, 0.1) is 12.3 Å². The predicted molar refractivity (Wildman–Crippen MR) is 61.4 cm³/mol. The third-order valence-electron chi connectivity index (χ3n) is 2.61.